The van der Waals surface area contributed by atoms with Crippen LogP contribution in [0.4, 0.5) is 5.95 Å². The molecule has 0 spiro atoms. The van der Waals surface area contributed by atoms with E-state index in [9.17, 15) is 4.79 Å². The first-order valence-electron chi connectivity index (χ1n) is 8.60. The Labute approximate surface area is 153 Å². The Kier molecular flexibility index (Phi) is 4.84. The zero-order chi connectivity index (χ0) is 18.8. The van der Waals surface area contributed by atoms with Gasteiger partial charge in [-0.15, -0.1) is 0 Å². The smallest absolute Gasteiger partial charge is 0.254 e. The molecule has 26 heavy (non-hydrogen) atoms. The molecule has 0 atom stereocenters. The number of nitrogens with one attached hydrogen (secondary N) is 1. The summed E-state index contributed by atoms with van der Waals surface area (Å²) in [4.78, 5) is 27.8. The SMILES string of the molecule is CCNc1ncc(-c2cc(C(=O)N(C)C)c3cc(C)cc(C)c3n2)cn1. The number of nitrogens with zero attached hydrogens (tertiary/aromatic N) is 4. The fourth-order valence-electron chi connectivity index (χ4n) is 2.96. The molecular formula is C20H23N5O. The molecular weight excluding hydrogens is 326 g/mol. The summed E-state index contributed by atoms with van der Waals surface area (Å²) < 4.78 is 0. The first kappa shape index (κ1) is 17.8. The van der Waals surface area contributed by atoms with Gasteiger partial charge in [-0.1, -0.05) is 11.6 Å². The molecule has 0 aliphatic rings. The number of hydrogen-bond acceptors (Lipinski definition) is 5. The maximum atomic E-state index is 12.8. The highest BCUT2D eigenvalue weighted by Gasteiger charge is 2.17. The lowest BCUT2D eigenvalue weighted by atomic mass is 10.00. The molecule has 134 valence electrons. The largest absolute Gasteiger partial charge is 0.355 e. The van der Waals surface area contributed by atoms with Crippen LogP contribution in [0.2, 0.25) is 0 Å². The average molecular weight is 349 g/mol. The van der Waals surface area contributed by atoms with Crippen molar-refractivity contribution in [1.82, 2.24) is 19.9 Å². The van der Waals surface area contributed by atoms with Crippen LogP contribution >= 0.6 is 0 Å². The Hall–Kier alpha value is -3.02. The van der Waals surface area contributed by atoms with E-state index in [-0.39, 0.29) is 5.91 Å². The van der Waals surface area contributed by atoms with Crippen molar-refractivity contribution in [2.24, 2.45) is 0 Å². The molecule has 2 aromatic heterocycles. The number of carbonyl (C=O) groups is 1. The number of amides is 1. The van der Waals surface area contributed by atoms with Gasteiger partial charge < -0.3 is 10.2 Å². The molecule has 1 amide bonds. The van der Waals surface area contributed by atoms with Crippen LogP contribution in [0.5, 0.6) is 0 Å². The molecule has 2 heterocycles. The first-order valence-corrected chi connectivity index (χ1v) is 8.60. The minimum absolute atomic E-state index is 0.0474. The zero-order valence-electron chi connectivity index (χ0n) is 15.8. The lowest BCUT2D eigenvalue weighted by molar-refractivity contribution is 0.0829. The molecule has 0 aliphatic carbocycles. The third kappa shape index (κ3) is 3.35. The molecule has 0 aliphatic heterocycles. The van der Waals surface area contributed by atoms with E-state index in [4.69, 9.17) is 4.98 Å². The van der Waals surface area contributed by atoms with Crippen molar-refractivity contribution in [3.8, 4) is 11.3 Å². The fraction of sp³-hybridized carbons (Fsp3) is 0.300. The Bertz CT molecular complexity index is 964. The van der Waals surface area contributed by atoms with Gasteiger partial charge in [0.05, 0.1) is 16.8 Å². The van der Waals surface area contributed by atoms with Crippen LogP contribution < -0.4 is 5.32 Å². The second-order valence-electron chi connectivity index (χ2n) is 6.56. The van der Waals surface area contributed by atoms with Crippen molar-refractivity contribution in [3.63, 3.8) is 0 Å². The number of aryl methyl sites for hydroxylation is 2. The summed E-state index contributed by atoms with van der Waals surface area (Å²) in [5.74, 6) is 0.530. The molecule has 6 heteroatoms. The van der Waals surface area contributed by atoms with Crippen LogP contribution in [0.3, 0.4) is 0 Å². The van der Waals surface area contributed by atoms with Crippen molar-refractivity contribution in [1.29, 1.82) is 0 Å². The zero-order valence-corrected chi connectivity index (χ0v) is 15.8. The van der Waals surface area contributed by atoms with E-state index in [1.807, 2.05) is 32.9 Å². The predicted molar refractivity (Wildman–Crippen MR) is 104 cm³/mol. The summed E-state index contributed by atoms with van der Waals surface area (Å²) in [5, 5.41) is 3.94. The summed E-state index contributed by atoms with van der Waals surface area (Å²) in [6, 6.07) is 5.92. The fourth-order valence-corrected chi connectivity index (χ4v) is 2.96. The molecule has 6 nitrogen and oxygen atoms in total. The summed E-state index contributed by atoms with van der Waals surface area (Å²) >= 11 is 0. The predicted octanol–water partition coefficient (Wildman–Crippen LogP) is 3.44. The summed E-state index contributed by atoms with van der Waals surface area (Å²) in [7, 11) is 3.51. The lowest BCUT2D eigenvalue weighted by Crippen LogP contribution is -2.22. The first-order chi connectivity index (χ1) is 12.4. The highest BCUT2D eigenvalue weighted by atomic mass is 16.2. The van der Waals surface area contributed by atoms with Crippen molar-refractivity contribution in [3.05, 3.63) is 47.3 Å². The van der Waals surface area contributed by atoms with Gasteiger partial charge in [0.15, 0.2) is 0 Å². The maximum Gasteiger partial charge on any atom is 0.254 e. The standard InChI is InChI=1S/C20H23N5O/c1-6-21-20-22-10-14(11-23-20)17-9-16(19(26)25(4)5)15-8-12(2)7-13(3)18(15)24-17/h7-11H,6H2,1-5H3,(H,21,22,23). The molecule has 0 saturated carbocycles. The maximum absolute atomic E-state index is 12.8. The topological polar surface area (TPSA) is 71.0 Å². The van der Waals surface area contributed by atoms with Gasteiger partial charge in [0.1, 0.15) is 0 Å². The van der Waals surface area contributed by atoms with Gasteiger partial charge >= 0.3 is 0 Å². The number of aromatic nitrogens is 3. The third-order valence-corrected chi connectivity index (χ3v) is 4.17. The number of anilines is 1. The average Bonchev–Trinajstić information content (AvgIpc) is 2.61. The molecule has 0 bridgehead atoms. The summed E-state index contributed by atoms with van der Waals surface area (Å²) in [6.07, 6.45) is 3.46. The highest BCUT2D eigenvalue weighted by molar-refractivity contribution is 6.07. The molecule has 0 fully saturated rings. The van der Waals surface area contributed by atoms with Crippen LogP contribution in [-0.2, 0) is 0 Å². The minimum atomic E-state index is -0.0474. The molecule has 1 N–H and O–H groups in total. The molecule has 0 saturated heterocycles. The molecule has 3 rings (SSSR count). The highest BCUT2D eigenvalue weighted by Crippen LogP contribution is 2.28. The molecule has 0 unspecified atom stereocenters. The Morgan fingerprint density at radius 3 is 2.42 bits per heavy atom. The van der Waals surface area contributed by atoms with Crippen molar-refractivity contribution in [2.45, 2.75) is 20.8 Å². The van der Waals surface area contributed by atoms with Crippen molar-refractivity contribution >= 4 is 22.8 Å². The van der Waals surface area contributed by atoms with Crippen molar-refractivity contribution < 1.29 is 4.79 Å². The van der Waals surface area contributed by atoms with Gasteiger partial charge in [0.25, 0.3) is 5.91 Å². The van der Waals surface area contributed by atoms with Gasteiger partial charge in [-0.2, -0.15) is 0 Å². The Balaban J connectivity index is 2.22. The van der Waals surface area contributed by atoms with Crippen LogP contribution in [-0.4, -0.2) is 46.4 Å². The van der Waals surface area contributed by atoms with E-state index >= 15 is 0 Å². The Morgan fingerprint density at radius 1 is 1.12 bits per heavy atom. The van der Waals surface area contributed by atoms with E-state index in [1.165, 1.54) is 0 Å². The molecule has 1 aromatic carbocycles. The van der Waals surface area contributed by atoms with Gasteiger partial charge in [0.2, 0.25) is 5.95 Å². The van der Waals surface area contributed by atoms with Gasteiger partial charge in [0, 0.05) is 44.0 Å². The summed E-state index contributed by atoms with van der Waals surface area (Å²) in [6.45, 7) is 6.79. The normalized spacial score (nSPS) is 10.8. The van der Waals surface area contributed by atoms with Crippen LogP contribution in [0, 0.1) is 13.8 Å². The monoisotopic (exact) mass is 349 g/mol. The second kappa shape index (κ2) is 7.07. The number of pyridine rings is 1. The van der Waals surface area contributed by atoms with Crippen molar-refractivity contribution in [2.75, 3.05) is 26.0 Å². The third-order valence-electron chi connectivity index (χ3n) is 4.17. The van der Waals surface area contributed by atoms with E-state index in [1.54, 1.807) is 31.4 Å². The number of benzene rings is 1. The number of fused-ring (bicyclic) bond motifs is 1. The minimum Gasteiger partial charge on any atom is -0.355 e. The van der Waals surface area contributed by atoms with Crippen LogP contribution in [0.25, 0.3) is 22.2 Å². The summed E-state index contributed by atoms with van der Waals surface area (Å²) in [5.41, 5.74) is 5.08. The van der Waals surface area contributed by atoms with Crippen LogP contribution in [0.15, 0.2) is 30.6 Å². The van der Waals surface area contributed by atoms with Gasteiger partial charge in [-0.25, -0.2) is 15.0 Å². The molecule has 3 aromatic rings. The quantitative estimate of drug-likeness (QED) is 0.781. The van der Waals surface area contributed by atoms with Gasteiger partial charge in [-0.05, 0) is 38.5 Å². The number of hydrogen-bond donors (Lipinski definition) is 1. The second-order valence-corrected chi connectivity index (χ2v) is 6.56. The number of rotatable bonds is 4. The van der Waals surface area contributed by atoms with E-state index in [0.717, 1.165) is 34.1 Å². The van der Waals surface area contributed by atoms with E-state index in [0.29, 0.717) is 17.2 Å². The van der Waals surface area contributed by atoms with Crippen LogP contribution in [0.1, 0.15) is 28.4 Å². The van der Waals surface area contributed by atoms with E-state index < -0.39 is 0 Å². The van der Waals surface area contributed by atoms with Gasteiger partial charge in [-0.3, -0.25) is 4.79 Å². The van der Waals surface area contributed by atoms with E-state index in [2.05, 4.69) is 21.4 Å². The Morgan fingerprint density at radius 2 is 1.81 bits per heavy atom. The lowest BCUT2D eigenvalue weighted by Gasteiger charge is -2.15. The molecule has 0 radical (unpaired) electrons. The number of carbonyl (C=O) groups excluding carboxylic acids is 1.